The van der Waals surface area contributed by atoms with Crippen LogP contribution in [0.3, 0.4) is 0 Å². The van der Waals surface area contributed by atoms with Gasteiger partial charge in [-0.05, 0) is 49.6 Å². The number of carbonyl (C=O) groups is 2. The summed E-state index contributed by atoms with van der Waals surface area (Å²) in [4.78, 5) is 37.2. The van der Waals surface area contributed by atoms with Gasteiger partial charge in [0.1, 0.15) is 24.0 Å². The van der Waals surface area contributed by atoms with E-state index in [1.54, 1.807) is 36.0 Å². The number of phenols is 1. The van der Waals surface area contributed by atoms with E-state index < -0.39 is 17.6 Å². The fraction of sp³-hybridized carbons (Fsp3) is 0.261. The lowest BCUT2D eigenvalue weighted by atomic mass is 10.1. The molecule has 0 saturated carbocycles. The van der Waals surface area contributed by atoms with Gasteiger partial charge in [0, 0.05) is 28.6 Å². The Hall–Kier alpha value is -3.26. The molecule has 3 aromatic rings. The van der Waals surface area contributed by atoms with Crippen LogP contribution in [0.2, 0.25) is 0 Å². The maximum Gasteiger partial charge on any atom is 0.336 e. The lowest BCUT2D eigenvalue weighted by Crippen LogP contribution is -2.42. The number of hydrogen-bond donors (Lipinski definition) is 2. The highest BCUT2D eigenvalue weighted by molar-refractivity contribution is 7.98. The minimum absolute atomic E-state index is 0.0409. The van der Waals surface area contributed by atoms with Crippen molar-refractivity contribution in [2.75, 3.05) is 12.0 Å². The predicted molar refractivity (Wildman–Crippen MR) is 119 cm³/mol. The van der Waals surface area contributed by atoms with Gasteiger partial charge in [0.25, 0.3) is 5.91 Å². The Morgan fingerprint density at radius 1 is 1.19 bits per heavy atom. The van der Waals surface area contributed by atoms with Gasteiger partial charge in [-0.1, -0.05) is 17.7 Å². The number of carbonyl (C=O) groups excluding carboxylic acids is 2. The van der Waals surface area contributed by atoms with Crippen molar-refractivity contribution in [3.05, 3.63) is 75.6 Å². The molecule has 8 heteroatoms. The van der Waals surface area contributed by atoms with Crippen molar-refractivity contribution in [2.45, 2.75) is 26.0 Å². The third-order valence-corrected chi connectivity index (χ3v) is 5.31. The van der Waals surface area contributed by atoms with Gasteiger partial charge in [-0.25, -0.2) is 9.59 Å². The number of ether oxygens (including phenoxy) is 1. The van der Waals surface area contributed by atoms with Crippen molar-refractivity contribution in [1.29, 1.82) is 0 Å². The number of thioether (sulfide) groups is 1. The van der Waals surface area contributed by atoms with Crippen LogP contribution in [-0.4, -0.2) is 35.0 Å². The van der Waals surface area contributed by atoms with Crippen LogP contribution >= 0.6 is 11.8 Å². The SMILES string of the molecule is CSCCC(NC(=O)c1cccc(C)c1)C(=O)OCc1cc(=O)oc2cc(O)ccc12. The Labute approximate surface area is 183 Å². The third kappa shape index (κ3) is 5.88. The van der Waals surface area contributed by atoms with E-state index >= 15 is 0 Å². The normalized spacial score (nSPS) is 11.8. The number of rotatable bonds is 8. The van der Waals surface area contributed by atoms with E-state index in [0.29, 0.717) is 28.7 Å². The second-order valence-corrected chi connectivity index (χ2v) is 8.04. The van der Waals surface area contributed by atoms with Crippen LogP contribution in [-0.2, 0) is 16.1 Å². The molecule has 1 atom stereocenters. The second-order valence-electron chi connectivity index (χ2n) is 7.06. The number of aryl methyl sites for hydroxylation is 1. The van der Waals surface area contributed by atoms with E-state index in [1.165, 1.54) is 18.2 Å². The van der Waals surface area contributed by atoms with Crippen molar-refractivity contribution in [2.24, 2.45) is 0 Å². The van der Waals surface area contributed by atoms with Crippen molar-refractivity contribution in [1.82, 2.24) is 5.32 Å². The zero-order valence-corrected chi connectivity index (χ0v) is 18.0. The largest absolute Gasteiger partial charge is 0.508 e. The number of fused-ring (bicyclic) bond motifs is 1. The maximum absolute atomic E-state index is 12.7. The van der Waals surface area contributed by atoms with Gasteiger partial charge in [0.2, 0.25) is 0 Å². The highest BCUT2D eigenvalue weighted by Crippen LogP contribution is 2.22. The summed E-state index contributed by atoms with van der Waals surface area (Å²) >= 11 is 1.56. The molecule has 1 heterocycles. The Morgan fingerprint density at radius 3 is 2.74 bits per heavy atom. The predicted octanol–water partition coefficient (Wildman–Crippen LogP) is 3.40. The first-order valence-corrected chi connectivity index (χ1v) is 11.1. The summed E-state index contributed by atoms with van der Waals surface area (Å²) in [6.07, 6.45) is 2.32. The standard InChI is InChI=1S/C23H23NO6S/c1-14-4-3-5-15(10-14)22(27)24-19(8-9-31-2)23(28)29-13-16-11-21(26)30-20-12-17(25)6-7-18(16)20/h3-7,10-12,19,25H,8-9,13H2,1-2H3,(H,24,27). The molecule has 0 spiro atoms. The zero-order chi connectivity index (χ0) is 22.4. The van der Waals surface area contributed by atoms with Gasteiger partial charge in [0.15, 0.2) is 0 Å². The van der Waals surface area contributed by atoms with E-state index in [1.807, 2.05) is 19.2 Å². The minimum atomic E-state index is -0.823. The van der Waals surface area contributed by atoms with E-state index in [2.05, 4.69) is 5.32 Å². The van der Waals surface area contributed by atoms with Crippen LogP contribution in [0.4, 0.5) is 0 Å². The smallest absolute Gasteiger partial charge is 0.336 e. The zero-order valence-electron chi connectivity index (χ0n) is 17.2. The van der Waals surface area contributed by atoms with Gasteiger partial charge < -0.3 is 19.6 Å². The van der Waals surface area contributed by atoms with Crippen LogP contribution in [0.5, 0.6) is 5.75 Å². The van der Waals surface area contributed by atoms with E-state index in [4.69, 9.17) is 9.15 Å². The number of esters is 1. The van der Waals surface area contributed by atoms with Gasteiger partial charge in [-0.3, -0.25) is 4.79 Å². The summed E-state index contributed by atoms with van der Waals surface area (Å²) in [5, 5.41) is 12.9. The van der Waals surface area contributed by atoms with Crippen LogP contribution < -0.4 is 10.9 Å². The summed E-state index contributed by atoms with van der Waals surface area (Å²) in [7, 11) is 0. The number of hydrogen-bond acceptors (Lipinski definition) is 7. The van der Waals surface area contributed by atoms with Crippen molar-refractivity contribution >= 4 is 34.6 Å². The molecular weight excluding hydrogens is 418 g/mol. The molecule has 0 fully saturated rings. The van der Waals surface area contributed by atoms with Crippen LogP contribution in [0.1, 0.15) is 27.9 Å². The van der Waals surface area contributed by atoms with E-state index in [0.717, 1.165) is 5.56 Å². The number of phenolic OH excluding ortho intramolecular Hbond substituents is 1. The van der Waals surface area contributed by atoms with Crippen molar-refractivity contribution in [3.63, 3.8) is 0 Å². The number of amides is 1. The average molecular weight is 442 g/mol. The molecule has 0 aliphatic carbocycles. The molecule has 1 aromatic heterocycles. The number of benzene rings is 2. The summed E-state index contributed by atoms with van der Waals surface area (Å²) in [6, 6.07) is 11.9. The first-order valence-electron chi connectivity index (χ1n) is 9.66. The molecular formula is C23H23NO6S. The minimum Gasteiger partial charge on any atom is -0.508 e. The summed E-state index contributed by atoms with van der Waals surface area (Å²) in [5.41, 5.74) is 1.44. The fourth-order valence-corrected chi connectivity index (χ4v) is 3.57. The molecule has 31 heavy (non-hydrogen) atoms. The molecule has 0 saturated heterocycles. The molecule has 3 rings (SSSR count). The molecule has 162 valence electrons. The topological polar surface area (TPSA) is 106 Å². The average Bonchev–Trinajstić information content (AvgIpc) is 2.74. The Bertz CT molecular complexity index is 1160. The summed E-state index contributed by atoms with van der Waals surface area (Å²) in [5.74, 6) is -0.325. The van der Waals surface area contributed by atoms with Gasteiger partial charge in [-0.15, -0.1) is 0 Å². The van der Waals surface area contributed by atoms with Crippen LogP contribution in [0.15, 0.2) is 57.7 Å². The summed E-state index contributed by atoms with van der Waals surface area (Å²) < 4.78 is 10.5. The quantitative estimate of drug-likeness (QED) is 0.408. The molecule has 0 aliphatic rings. The molecule has 2 N–H and O–H groups in total. The molecule has 1 amide bonds. The first-order chi connectivity index (χ1) is 14.9. The molecule has 0 radical (unpaired) electrons. The lowest BCUT2D eigenvalue weighted by molar-refractivity contribution is -0.147. The van der Waals surface area contributed by atoms with Gasteiger partial charge in [-0.2, -0.15) is 11.8 Å². The number of nitrogens with one attached hydrogen (secondary N) is 1. The van der Waals surface area contributed by atoms with Crippen LogP contribution in [0.25, 0.3) is 11.0 Å². The maximum atomic E-state index is 12.7. The van der Waals surface area contributed by atoms with Crippen molar-refractivity contribution in [3.8, 4) is 5.75 Å². The molecule has 0 bridgehead atoms. The Balaban J connectivity index is 1.74. The third-order valence-electron chi connectivity index (χ3n) is 4.66. The van der Waals surface area contributed by atoms with Crippen LogP contribution in [0, 0.1) is 6.92 Å². The highest BCUT2D eigenvalue weighted by Gasteiger charge is 2.23. The second kappa shape index (κ2) is 10.2. The molecule has 7 nitrogen and oxygen atoms in total. The highest BCUT2D eigenvalue weighted by atomic mass is 32.2. The number of aromatic hydroxyl groups is 1. The monoisotopic (exact) mass is 441 g/mol. The Morgan fingerprint density at radius 2 is 2.00 bits per heavy atom. The van der Waals surface area contributed by atoms with E-state index in [-0.39, 0.29) is 23.8 Å². The van der Waals surface area contributed by atoms with Crippen molar-refractivity contribution < 1.29 is 23.8 Å². The molecule has 0 aliphatic heterocycles. The van der Waals surface area contributed by atoms with Gasteiger partial charge in [0.05, 0.1) is 0 Å². The van der Waals surface area contributed by atoms with E-state index in [9.17, 15) is 19.5 Å². The Kier molecular flexibility index (Phi) is 7.36. The van der Waals surface area contributed by atoms with Gasteiger partial charge >= 0.3 is 11.6 Å². The molecule has 1 unspecified atom stereocenters. The molecule has 2 aromatic carbocycles. The lowest BCUT2D eigenvalue weighted by Gasteiger charge is -2.18. The summed E-state index contributed by atoms with van der Waals surface area (Å²) in [6.45, 7) is 1.72. The first kappa shape index (κ1) is 22.4. The fourth-order valence-electron chi connectivity index (χ4n) is 3.10.